The van der Waals surface area contributed by atoms with Crippen molar-refractivity contribution in [1.29, 1.82) is 0 Å². The first-order valence-electron chi connectivity index (χ1n) is 11.0. The van der Waals surface area contributed by atoms with Crippen molar-refractivity contribution in [1.82, 2.24) is 24.6 Å². The Bertz CT molecular complexity index is 1040. The van der Waals surface area contributed by atoms with Gasteiger partial charge in [-0.15, -0.1) is 0 Å². The van der Waals surface area contributed by atoms with Gasteiger partial charge in [0.1, 0.15) is 6.10 Å². The highest BCUT2D eigenvalue weighted by molar-refractivity contribution is 5.84. The third-order valence-electron chi connectivity index (χ3n) is 6.66. The summed E-state index contributed by atoms with van der Waals surface area (Å²) in [5.74, 6) is 1.68. The van der Waals surface area contributed by atoms with Gasteiger partial charge >= 0.3 is 0 Å². The highest BCUT2D eigenvalue weighted by atomic mass is 16.5. The van der Waals surface area contributed by atoms with E-state index in [1.807, 2.05) is 17.9 Å². The molecular weight excluding hydrogens is 376 g/mol. The molecule has 1 saturated carbocycles. The predicted molar refractivity (Wildman–Crippen MR) is 118 cm³/mol. The molecule has 2 fully saturated rings. The van der Waals surface area contributed by atoms with Crippen LogP contribution in [-0.2, 0) is 7.05 Å². The van der Waals surface area contributed by atoms with Gasteiger partial charge in [-0.3, -0.25) is 9.58 Å². The van der Waals surface area contributed by atoms with Crippen LogP contribution >= 0.6 is 0 Å². The molecule has 1 saturated heterocycles. The molecule has 0 spiro atoms. The van der Waals surface area contributed by atoms with Crippen LogP contribution in [0.4, 0.5) is 5.95 Å². The summed E-state index contributed by atoms with van der Waals surface area (Å²) in [5.41, 5.74) is 8.70. The monoisotopic (exact) mass is 406 g/mol. The molecule has 3 heterocycles. The average Bonchev–Trinajstić information content (AvgIpc) is 3.34. The van der Waals surface area contributed by atoms with Gasteiger partial charge in [0.25, 0.3) is 0 Å². The first-order chi connectivity index (χ1) is 14.5. The van der Waals surface area contributed by atoms with Gasteiger partial charge in [0, 0.05) is 44.0 Å². The summed E-state index contributed by atoms with van der Waals surface area (Å²) < 4.78 is 8.23. The van der Waals surface area contributed by atoms with Crippen molar-refractivity contribution in [3.05, 3.63) is 30.6 Å². The normalized spacial score (nSPS) is 25.1. The molecule has 30 heavy (non-hydrogen) atoms. The summed E-state index contributed by atoms with van der Waals surface area (Å²) >= 11 is 0. The van der Waals surface area contributed by atoms with Crippen LogP contribution in [0.25, 0.3) is 22.0 Å². The van der Waals surface area contributed by atoms with Crippen LogP contribution < -0.4 is 10.5 Å². The molecule has 0 bridgehead atoms. The Kier molecular flexibility index (Phi) is 5.06. The van der Waals surface area contributed by atoms with Gasteiger partial charge in [0.2, 0.25) is 11.8 Å². The molecule has 2 aromatic heterocycles. The molecule has 158 valence electrons. The molecule has 1 unspecified atom stereocenters. The minimum absolute atomic E-state index is 0.135. The number of ether oxygens (including phenoxy) is 1. The molecule has 2 aliphatic rings. The highest BCUT2D eigenvalue weighted by Gasteiger charge is 2.32. The highest BCUT2D eigenvalue weighted by Crippen LogP contribution is 2.33. The lowest BCUT2D eigenvalue weighted by molar-refractivity contribution is 0.141. The van der Waals surface area contributed by atoms with Crippen molar-refractivity contribution in [3.63, 3.8) is 0 Å². The van der Waals surface area contributed by atoms with E-state index in [1.165, 1.54) is 25.7 Å². The first kappa shape index (κ1) is 19.3. The largest absolute Gasteiger partial charge is 0.472 e. The SMILES string of the molecule is CC1CCC(N2CCC(Oc3nc(N)ncc3-c3ccc4cn(C)nc4c3)C2)CC1. The van der Waals surface area contributed by atoms with Crippen LogP contribution in [0.1, 0.15) is 39.0 Å². The van der Waals surface area contributed by atoms with Gasteiger partial charge < -0.3 is 10.5 Å². The van der Waals surface area contributed by atoms with Crippen LogP contribution in [0.5, 0.6) is 5.88 Å². The summed E-state index contributed by atoms with van der Waals surface area (Å²) in [4.78, 5) is 11.3. The molecule has 0 amide bonds. The molecular formula is C23H30N6O. The van der Waals surface area contributed by atoms with Gasteiger partial charge in [0.05, 0.1) is 11.1 Å². The second-order valence-electron chi connectivity index (χ2n) is 8.96. The number of rotatable bonds is 4. The fourth-order valence-corrected chi connectivity index (χ4v) is 4.92. The van der Waals surface area contributed by atoms with Crippen LogP contribution in [0.3, 0.4) is 0 Å². The van der Waals surface area contributed by atoms with Crippen LogP contribution in [-0.4, -0.2) is 49.9 Å². The van der Waals surface area contributed by atoms with Gasteiger partial charge in [-0.05, 0) is 49.7 Å². The second kappa shape index (κ2) is 7.87. The molecule has 5 rings (SSSR count). The van der Waals surface area contributed by atoms with Crippen molar-refractivity contribution in [2.24, 2.45) is 13.0 Å². The summed E-state index contributed by atoms with van der Waals surface area (Å²) in [6.07, 6.45) is 10.2. The second-order valence-corrected chi connectivity index (χ2v) is 8.96. The zero-order valence-corrected chi connectivity index (χ0v) is 17.8. The maximum absolute atomic E-state index is 6.40. The van der Waals surface area contributed by atoms with E-state index in [4.69, 9.17) is 10.5 Å². The standard InChI is InChI=1S/C23H30N6O/c1-15-3-7-18(8-4-15)29-10-9-19(14-29)30-22-20(12-25-23(24)26-22)16-5-6-17-13-28(2)27-21(17)11-16/h5-6,11-13,15,18-19H,3-4,7-10,14H2,1-2H3,(H2,24,25,26). The Morgan fingerprint density at radius 3 is 2.80 bits per heavy atom. The molecule has 2 N–H and O–H groups in total. The number of fused-ring (bicyclic) bond motifs is 1. The third-order valence-corrected chi connectivity index (χ3v) is 6.66. The lowest BCUT2D eigenvalue weighted by Crippen LogP contribution is -2.37. The van der Waals surface area contributed by atoms with Crippen molar-refractivity contribution < 1.29 is 4.74 Å². The van der Waals surface area contributed by atoms with E-state index in [9.17, 15) is 0 Å². The molecule has 1 aliphatic carbocycles. The number of nitrogen functional groups attached to an aromatic ring is 1. The minimum Gasteiger partial charge on any atom is -0.472 e. The number of benzene rings is 1. The first-order valence-corrected chi connectivity index (χ1v) is 11.0. The lowest BCUT2D eigenvalue weighted by atomic mass is 9.87. The van der Waals surface area contributed by atoms with E-state index in [-0.39, 0.29) is 12.1 Å². The van der Waals surface area contributed by atoms with Crippen molar-refractivity contribution in [2.45, 2.75) is 51.2 Å². The van der Waals surface area contributed by atoms with Crippen LogP contribution in [0.2, 0.25) is 0 Å². The molecule has 3 aromatic rings. The van der Waals surface area contributed by atoms with Gasteiger partial charge in [-0.2, -0.15) is 10.1 Å². The average molecular weight is 407 g/mol. The summed E-state index contributed by atoms with van der Waals surface area (Å²) in [6, 6.07) is 6.90. The molecule has 1 atom stereocenters. The van der Waals surface area contributed by atoms with Gasteiger partial charge in [-0.1, -0.05) is 19.1 Å². The van der Waals surface area contributed by atoms with E-state index < -0.39 is 0 Å². The number of hydrogen-bond acceptors (Lipinski definition) is 6. The van der Waals surface area contributed by atoms with Crippen molar-refractivity contribution in [2.75, 3.05) is 18.8 Å². The fraction of sp³-hybridized carbons (Fsp3) is 0.522. The maximum Gasteiger partial charge on any atom is 0.226 e. The number of hydrogen-bond donors (Lipinski definition) is 1. The molecule has 1 aromatic carbocycles. The fourth-order valence-electron chi connectivity index (χ4n) is 4.92. The third kappa shape index (κ3) is 3.86. The van der Waals surface area contributed by atoms with E-state index in [0.717, 1.165) is 47.5 Å². The Morgan fingerprint density at radius 1 is 1.13 bits per heavy atom. The molecule has 7 heteroatoms. The summed E-state index contributed by atoms with van der Waals surface area (Å²) in [6.45, 7) is 4.43. The number of anilines is 1. The number of likely N-dealkylation sites (tertiary alicyclic amines) is 1. The number of aryl methyl sites for hydroxylation is 1. The Balaban J connectivity index is 1.35. The zero-order chi connectivity index (χ0) is 20.7. The summed E-state index contributed by atoms with van der Waals surface area (Å²) in [5, 5.41) is 5.63. The Morgan fingerprint density at radius 2 is 1.97 bits per heavy atom. The quantitative estimate of drug-likeness (QED) is 0.712. The van der Waals surface area contributed by atoms with Crippen molar-refractivity contribution >= 4 is 16.9 Å². The Labute approximate surface area is 177 Å². The van der Waals surface area contributed by atoms with Gasteiger partial charge in [0.15, 0.2) is 0 Å². The van der Waals surface area contributed by atoms with E-state index >= 15 is 0 Å². The lowest BCUT2D eigenvalue weighted by Gasteiger charge is -2.33. The molecule has 1 aliphatic heterocycles. The van der Waals surface area contributed by atoms with E-state index in [0.29, 0.717) is 11.9 Å². The van der Waals surface area contributed by atoms with Crippen molar-refractivity contribution in [3.8, 4) is 17.0 Å². The van der Waals surface area contributed by atoms with Crippen LogP contribution in [0.15, 0.2) is 30.6 Å². The number of nitrogens with zero attached hydrogens (tertiary/aromatic N) is 5. The number of nitrogens with two attached hydrogens (primary N) is 1. The smallest absolute Gasteiger partial charge is 0.226 e. The minimum atomic E-state index is 0.135. The zero-order valence-electron chi connectivity index (χ0n) is 17.8. The van der Waals surface area contributed by atoms with Gasteiger partial charge in [-0.25, -0.2) is 4.98 Å². The van der Waals surface area contributed by atoms with E-state index in [2.05, 4.69) is 45.1 Å². The Hall–Kier alpha value is -2.67. The number of aromatic nitrogens is 4. The van der Waals surface area contributed by atoms with Crippen LogP contribution in [0, 0.1) is 5.92 Å². The maximum atomic E-state index is 6.40. The topological polar surface area (TPSA) is 82.1 Å². The summed E-state index contributed by atoms with van der Waals surface area (Å²) in [7, 11) is 1.93. The molecule has 0 radical (unpaired) electrons. The molecule has 7 nitrogen and oxygen atoms in total. The predicted octanol–water partition coefficient (Wildman–Crippen LogP) is 3.64. The van der Waals surface area contributed by atoms with E-state index in [1.54, 1.807) is 6.20 Å².